The highest BCUT2D eigenvalue weighted by Gasteiger charge is 2.37. The largest absolute Gasteiger partial charge is 0.454 e. The predicted octanol–water partition coefficient (Wildman–Crippen LogP) is 1.86. The van der Waals surface area contributed by atoms with E-state index >= 15 is 0 Å². The molecular weight excluding hydrogens is 194 g/mol. The third-order valence-corrected chi connectivity index (χ3v) is 2.23. The Morgan fingerprint density at radius 1 is 1.60 bits per heavy atom. The van der Waals surface area contributed by atoms with Gasteiger partial charge in [0.2, 0.25) is 0 Å². The number of nitrogens with two attached hydrogens (primary N) is 1. The van der Waals surface area contributed by atoms with Gasteiger partial charge in [0.1, 0.15) is 5.76 Å². The first-order chi connectivity index (χ1) is 4.77. The Kier molecular flexibility index (Phi) is 1.35. The molecule has 0 aliphatic heterocycles. The minimum Gasteiger partial charge on any atom is -0.454 e. The molecule has 0 saturated heterocycles. The van der Waals surface area contributed by atoms with Crippen molar-refractivity contribution in [2.45, 2.75) is 18.4 Å². The van der Waals surface area contributed by atoms with Gasteiger partial charge in [-0.05, 0) is 34.5 Å². The van der Waals surface area contributed by atoms with Gasteiger partial charge >= 0.3 is 0 Å². The normalized spacial score (nSPS) is 30.6. The number of furan rings is 1. The summed E-state index contributed by atoms with van der Waals surface area (Å²) in [5.74, 6) is 1.49. The zero-order valence-corrected chi connectivity index (χ0v) is 6.97. The van der Waals surface area contributed by atoms with Gasteiger partial charge in [0, 0.05) is 12.0 Å². The van der Waals surface area contributed by atoms with Crippen LogP contribution in [0.3, 0.4) is 0 Å². The lowest BCUT2D eigenvalue weighted by Gasteiger charge is -1.87. The van der Waals surface area contributed by atoms with Crippen LogP contribution < -0.4 is 5.73 Å². The van der Waals surface area contributed by atoms with Crippen LogP contribution in [0.1, 0.15) is 18.1 Å². The fourth-order valence-electron chi connectivity index (χ4n) is 1.07. The van der Waals surface area contributed by atoms with Crippen molar-refractivity contribution in [3.63, 3.8) is 0 Å². The summed E-state index contributed by atoms with van der Waals surface area (Å²) in [6.45, 7) is 0. The van der Waals surface area contributed by atoms with Crippen LogP contribution in [-0.4, -0.2) is 6.04 Å². The third-order valence-electron chi connectivity index (χ3n) is 1.80. The molecule has 1 fully saturated rings. The Morgan fingerprint density at radius 2 is 2.30 bits per heavy atom. The van der Waals surface area contributed by atoms with E-state index in [9.17, 15) is 0 Å². The van der Waals surface area contributed by atoms with Crippen molar-refractivity contribution in [3.8, 4) is 0 Å². The van der Waals surface area contributed by atoms with Gasteiger partial charge in [-0.25, -0.2) is 0 Å². The number of hydrogen-bond donors (Lipinski definition) is 1. The quantitative estimate of drug-likeness (QED) is 0.754. The molecule has 1 heterocycles. The van der Waals surface area contributed by atoms with E-state index in [1.165, 1.54) is 0 Å². The molecule has 2 N–H and O–H groups in total. The maximum absolute atomic E-state index is 5.63. The lowest BCUT2D eigenvalue weighted by atomic mass is 10.3. The van der Waals surface area contributed by atoms with Crippen LogP contribution in [0.5, 0.6) is 0 Å². The summed E-state index contributed by atoms with van der Waals surface area (Å²) in [6, 6.07) is 4.21. The Hall–Kier alpha value is -0.280. The van der Waals surface area contributed by atoms with Crippen molar-refractivity contribution < 1.29 is 4.42 Å². The van der Waals surface area contributed by atoms with Crippen molar-refractivity contribution in [3.05, 3.63) is 22.6 Å². The molecule has 2 nitrogen and oxygen atoms in total. The maximum Gasteiger partial charge on any atom is 0.169 e. The van der Waals surface area contributed by atoms with E-state index in [-0.39, 0.29) is 0 Å². The van der Waals surface area contributed by atoms with Crippen LogP contribution >= 0.6 is 15.9 Å². The van der Waals surface area contributed by atoms with E-state index in [1.54, 1.807) is 0 Å². The Bertz CT molecular complexity index is 246. The summed E-state index contributed by atoms with van der Waals surface area (Å²) in [4.78, 5) is 0. The van der Waals surface area contributed by atoms with Gasteiger partial charge in [-0.2, -0.15) is 0 Å². The molecule has 10 heavy (non-hydrogen) atoms. The zero-order chi connectivity index (χ0) is 7.14. The maximum atomic E-state index is 5.63. The summed E-state index contributed by atoms with van der Waals surface area (Å²) in [7, 11) is 0. The molecule has 2 atom stereocenters. The fourth-order valence-corrected chi connectivity index (χ4v) is 1.39. The molecule has 0 amide bonds. The first-order valence-electron chi connectivity index (χ1n) is 3.28. The Balaban J connectivity index is 2.20. The summed E-state index contributed by atoms with van der Waals surface area (Å²) < 4.78 is 6.11. The molecular formula is C7H8BrNO. The first-order valence-corrected chi connectivity index (χ1v) is 4.07. The lowest BCUT2D eigenvalue weighted by molar-refractivity contribution is 0.487. The molecule has 1 aromatic heterocycles. The standard InChI is InChI=1S/C7H8BrNO/c8-7-2-1-6(10-7)4-3-5(4)9/h1-2,4-5H,3,9H2. The summed E-state index contributed by atoms with van der Waals surface area (Å²) >= 11 is 3.24. The van der Waals surface area contributed by atoms with E-state index in [0.717, 1.165) is 16.9 Å². The van der Waals surface area contributed by atoms with E-state index < -0.39 is 0 Å². The molecule has 2 rings (SSSR count). The van der Waals surface area contributed by atoms with Gasteiger partial charge in [0.25, 0.3) is 0 Å². The van der Waals surface area contributed by atoms with E-state index in [0.29, 0.717) is 12.0 Å². The van der Waals surface area contributed by atoms with Crippen LogP contribution in [-0.2, 0) is 0 Å². The average molecular weight is 202 g/mol. The first kappa shape index (κ1) is 6.43. The van der Waals surface area contributed by atoms with Crippen LogP contribution in [0, 0.1) is 0 Å². The van der Waals surface area contributed by atoms with Gasteiger partial charge in [-0.3, -0.25) is 0 Å². The van der Waals surface area contributed by atoms with Crippen LogP contribution in [0.2, 0.25) is 0 Å². The number of rotatable bonds is 1. The molecule has 2 unspecified atom stereocenters. The summed E-state index contributed by atoms with van der Waals surface area (Å²) in [5, 5.41) is 0. The SMILES string of the molecule is NC1CC1c1ccc(Br)o1. The van der Waals surface area contributed by atoms with Gasteiger partial charge in [-0.15, -0.1) is 0 Å². The fraction of sp³-hybridized carbons (Fsp3) is 0.429. The second-order valence-electron chi connectivity index (χ2n) is 2.65. The second-order valence-corrected chi connectivity index (χ2v) is 3.43. The van der Waals surface area contributed by atoms with Gasteiger partial charge < -0.3 is 10.2 Å². The molecule has 0 aromatic carbocycles. The molecule has 1 aliphatic rings. The van der Waals surface area contributed by atoms with Gasteiger partial charge in [0.05, 0.1) is 0 Å². The number of hydrogen-bond acceptors (Lipinski definition) is 2. The molecule has 54 valence electrons. The van der Waals surface area contributed by atoms with Gasteiger partial charge in [0.15, 0.2) is 4.67 Å². The predicted molar refractivity (Wildman–Crippen MR) is 41.7 cm³/mol. The minimum atomic E-state index is 0.332. The monoisotopic (exact) mass is 201 g/mol. The van der Waals surface area contributed by atoms with Gasteiger partial charge in [-0.1, -0.05) is 0 Å². The van der Waals surface area contributed by atoms with E-state index in [4.69, 9.17) is 10.2 Å². The number of halogens is 1. The van der Waals surface area contributed by atoms with Crippen molar-refractivity contribution in [1.82, 2.24) is 0 Å². The van der Waals surface area contributed by atoms with Crippen molar-refractivity contribution in [1.29, 1.82) is 0 Å². The summed E-state index contributed by atoms with van der Waals surface area (Å²) in [5.41, 5.74) is 5.63. The lowest BCUT2D eigenvalue weighted by Crippen LogP contribution is -1.99. The molecule has 1 saturated carbocycles. The highest BCUT2D eigenvalue weighted by atomic mass is 79.9. The highest BCUT2D eigenvalue weighted by molar-refractivity contribution is 9.10. The average Bonchev–Trinajstić information content (AvgIpc) is 2.42. The molecule has 0 spiro atoms. The van der Waals surface area contributed by atoms with Crippen molar-refractivity contribution in [2.24, 2.45) is 5.73 Å². The van der Waals surface area contributed by atoms with Crippen LogP contribution in [0.25, 0.3) is 0 Å². The molecule has 1 aromatic rings. The zero-order valence-electron chi connectivity index (χ0n) is 5.38. The molecule has 0 radical (unpaired) electrons. The second kappa shape index (κ2) is 2.10. The van der Waals surface area contributed by atoms with Crippen LogP contribution in [0.15, 0.2) is 21.2 Å². The molecule has 0 bridgehead atoms. The molecule has 3 heteroatoms. The summed E-state index contributed by atoms with van der Waals surface area (Å²) in [6.07, 6.45) is 1.07. The van der Waals surface area contributed by atoms with Crippen molar-refractivity contribution in [2.75, 3.05) is 0 Å². The van der Waals surface area contributed by atoms with Crippen molar-refractivity contribution >= 4 is 15.9 Å². The van der Waals surface area contributed by atoms with E-state index in [2.05, 4.69) is 15.9 Å². The Morgan fingerprint density at radius 3 is 2.70 bits per heavy atom. The third kappa shape index (κ3) is 0.995. The van der Waals surface area contributed by atoms with E-state index in [1.807, 2.05) is 12.1 Å². The molecule has 1 aliphatic carbocycles. The smallest absolute Gasteiger partial charge is 0.169 e. The topological polar surface area (TPSA) is 39.2 Å². The minimum absolute atomic E-state index is 0.332. The highest BCUT2D eigenvalue weighted by Crippen LogP contribution is 2.40. The van der Waals surface area contributed by atoms with Crippen LogP contribution in [0.4, 0.5) is 0 Å². The Labute approximate surface area is 67.5 Å².